The fourth-order valence-corrected chi connectivity index (χ4v) is 2.15. The smallest absolute Gasteiger partial charge is 0.213 e. The minimum Gasteiger partial charge on any atom is -0.481 e. The minimum atomic E-state index is 0.456. The van der Waals surface area contributed by atoms with Crippen LogP contribution in [0, 0.1) is 6.92 Å². The number of nitrogen functional groups attached to an aromatic ring is 1. The molecular weight excluding hydrogens is 254 g/mol. The molecule has 3 heterocycles. The zero-order valence-corrected chi connectivity index (χ0v) is 11.4. The molecule has 6 heteroatoms. The number of anilines is 1. The van der Waals surface area contributed by atoms with E-state index in [1.165, 1.54) is 0 Å². The van der Waals surface area contributed by atoms with Gasteiger partial charge < -0.3 is 10.5 Å². The molecule has 0 spiro atoms. The fourth-order valence-electron chi connectivity index (χ4n) is 2.15. The number of imidazole rings is 1. The first-order valence-electron chi connectivity index (χ1n) is 6.25. The van der Waals surface area contributed by atoms with Gasteiger partial charge in [0.25, 0.3) is 0 Å². The standard InChI is InChI=1S/C14H15N5O/c1-9-3-5-17-13-12(9)18-14(15)19(13)8-10-4-6-16-11(7-10)20-2/h3-7H,8H2,1-2H3,(H2,15,18). The van der Waals surface area contributed by atoms with Crippen molar-refractivity contribution in [2.75, 3.05) is 12.8 Å². The molecule has 0 bridgehead atoms. The Kier molecular flexibility index (Phi) is 2.98. The number of hydrogen-bond donors (Lipinski definition) is 1. The molecule has 0 amide bonds. The van der Waals surface area contributed by atoms with Gasteiger partial charge in [-0.1, -0.05) is 0 Å². The summed E-state index contributed by atoms with van der Waals surface area (Å²) >= 11 is 0. The summed E-state index contributed by atoms with van der Waals surface area (Å²) in [7, 11) is 1.60. The summed E-state index contributed by atoms with van der Waals surface area (Å²) in [5, 5.41) is 0. The lowest BCUT2D eigenvalue weighted by Crippen LogP contribution is -2.05. The highest BCUT2D eigenvalue weighted by atomic mass is 16.5. The molecule has 0 fully saturated rings. The van der Waals surface area contributed by atoms with Crippen LogP contribution in [0.4, 0.5) is 5.95 Å². The number of aryl methyl sites for hydroxylation is 1. The normalized spacial score (nSPS) is 10.9. The average Bonchev–Trinajstić information content (AvgIpc) is 2.78. The molecule has 0 atom stereocenters. The van der Waals surface area contributed by atoms with Crippen molar-refractivity contribution in [2.24, 2.45) is 0 Å². The maximum atomic E-state index is 6.01. The van der Waals surface area contributed by atoms with Gasteiger partial charge in [0, 0.05) is 18.5 Å². The third-order valence-electron chi connectivity index (χ3n) is 3.21. The van der Waals surface area contributed by atoms with Crippen molar-refractivity contribution >= 4 is 17.1 Å². The molecule has 0 saturated heterocycles. The summed E-state index contributed by atoms with van der Waals surface area (Å²) in [6.45, 7) is 2.58. The maximum Gasteiger partial charge on any atom is 0.213 e. The van der Waals surface area contributed by atoms with Crippen LogP contribution >= 0.6 is 0 Å². The van der Waals surface area contributed by atoms with Gasteiger partial charge in [-0.05, 0) is 30.2 Å². The van der Waals surface area contributed by atoms with Crippen molar-refractivity contribution in [3.63, 3.8) is 0 Å². The number of ether oxygens (including phenoxy) is 1. The molecule has 0 aliphatic heterocycles. The number of nitrogens with zero attached hydrogens (tertiary/aromatic N) is 4. The quantitative estimate of drug-likeness (QED) is 0.784. The highest BCUT2D eigenvalue weighted by Crippen LogP contribution is 2.20. The summed E-state index contributed by atoms with van der Waals surface area (Å²) in [6, 6.07) is 5.72. The lowest BCUT2D eigenvalue weighted by atomic mass is 10.2. The molecular formula is C14H15N5O. The molecule has 2 N–H and O–H groups in total. The van der Waals surface area contributed by atoms with Crippen LogP contribution in [0.2, 0.25) is 0 Å². The zero-order chi connectivity index (χ0) is 14.1. The van der Waals surface area contributed by atoms with Crippen molar-refractivity contribution in [3.8, 4) is 5.88 Å². The number of pyridine rings is 2. The Balaban J connectivity index is 2.06. The molecule has 0 radical (unpaired) electrons. The van der Waals surface area contributed by atoms with Crippen molar-refractivity contribution < 1.29 is 4.74 Å². The molecule has 0 unspecified atom stereocenters. The van der Waals surface area contributed by atoms with Gasteiger partial charge in [0.1, 0.15) is 5.52 Å². The van der Waals surface area contributed by atoms with Gasteiger partial charge in [0.05, 0.1) is 13.7 Å². The van der Waals surface area contributed by atoms with Gasteiger partial charge >= 0.3 is 0 Å². The predicted molar refractivity (Wildman–Crippen MR) is 76.6 cm³/mol. The molecule has 20 heavy (non-hydrogen) atoms. The van der Waals surface area contributed by atoms with Crippen LogP contribution in [0.15, 0.2) is 30.6 Å². The van der Waals surface area contributed by atoms with E-state index in [9.17, 15) is 0 Å². The van der Waals surface area contributed by atoms with E-state index < -0.39 is 0 Å². The van der Waals surface area contributed by atoms with E-state index in [0.717, 1.165) is 22.3 Å². The van der Waals surface area contributed by atoms with E-state index >= 15 is 0 Å². The third-order valence-corrected chi connectivity index (χ3v) is 3.21. The number of aromatic nitrogens is 4. The summed E-state index contributed by atoms with van der Waals surface area (Å²) in [5.74, 6) is 1.03. The van der Waals surface area contributed by atoms with Crippen LogP contribution in [0.3, 0.4) is 0 Å². The summed E-state index contributed by atoms with van der Waals surface area (Å²) in [4.78, 5) is 12.8. The van der Waals surface area contributed by atoms with E-state index in [-0.39, 0.29) is 0 Å². The second-order valence-electron chi connectivity index (χ2n) is 4.56. The number of hydrogen-bond acceptors (Lipinski definition) is 5. The van der Waals surface area contributed by atoms with Crippen molar-refractivity contribution in [3.05, 3.63) is 41.7 Å². The molecule has 0 aliphatic carbocycles. The first-order chi connectivity index (χ1) is 9.69. The lowest BCUT2D eigenvalue weighted by Gasteiger charge is -2.07. The van der Waals surface area contributed by atoms with Crippen LogP contribution in [0.1, 0.15) is 11.1 Å². The van der Waals surface area contributed by atoms with Crippen molar-refractivity contribution in [2.45, 2.75) is 13.5 Å². The molecule has 102 valence electrons. The molecule has 3 aromatic rings. The summed E-state index contributed by atoms with van der Waals surface area (Å²) in [5.41, 5.74) is 9.73. The molecule has 0 aliphatic rings. The molecule has 3 aromatic heterocycles. The van der Waals surface area contributed by atoms with E-state index in [2.05, 4.69) is 15.0 Å². The minimum absolute atomic E-state index is 0.456. The van der Waals surface area contributed by atoms with E-state index in [4.69, 9.17) is 10.5 Å². The highest BCUT2D eigenvalue weighted by molar-refractivity contribution is 5.77. The summed E-state index contributed by atoms with van der Waals surface area (Å²) in [6.07, 6.45) is 3.48. The van der Waals surface area contributed by atoms with E-state index in [1.54, 1.807) is 19.5 Å². The van der Waals surface area contributed by atoms with Gasteiger partial charge in [0.15, 0.2) is 5.65 Å². The Morgan fingerprint density at radius 2 is 2.05 bits per heavy atom. The monoisotopic (exact) mass is 269 g/mol. The largest absolute Gasteiger partial charge is 0.481 e. The molecule has 0 aromatic carbocycles. The van der Waals surface area contributed by atoms with Gasteiger partial charge in [0.2, 0.25) is 11.8 Å². The van der Waals surface area contributed by atoms with Crippen LogP contribution < -0.4 is 10.5 Å². The topological polar surface area (TPSA) is 78.9 Å². The highest BCUT2D eigenvalue weighted by Gasteiger charge is 2.11. The number of rotatable bonds is 3. The SMILES string of the molecule is COc1cc(Cn2c(N)nc3c(C)ccnc32)ccn1. The van der Waals surface area contributed by atoms with Crippen LogP contribution in [0.5, 0.6) is 5.88 Å². The van der Waals surface area contributed by atoms with Crippen LogP contribution in [0.25, 0.3) is 11.2 Å². The zero-order valence-electron chi connectivity index (χ0n) is 11.4. The number of methoxy groups -OCH3 is 1. The predicted octanol–water partition coefficient (Wildman–Crippen LogP) is 1.77. The fraction of sp³-hybridized carbons (Fsp3) is 0.214. The molecule has 3 rings (SSSR count). The van der Waals surface area contributed by atoms with Crippen molar-refractivity contribution in [1.29, 1.82) is 0 Å². The molecule has 6 nitrogen and oxygen atoms in total. The van der Waals surface area contributed by atoms with E-state index in [0.29, 0.717) is 18.4 Å². The average molecular weight is 269 g/mol. The Morgan fingerprint density at radius 3 is 2.85 bits per heavy atom. The first-order valence-corrected chi connectivity index (χ1v) is 6.25. The van der Waals surface area contributed by atoms with Gasteiger partial charge in [-0.25, -0.2) is 15.0 Å². The first kappa shape index (κ1) is 12.4. The Morgan fingerprint density at radius 1 is 1.25 bits per heavy atom. The maximum absolute atomic E-state index is 6.01. The molecule has 0 saturated carbocycles. The third kappa shape index (κ3) is 2.05. The number of nitrogens with two attached hydrogens (primary N) is 1. The second-order valence-corrected chi connectivity index (χ2v) is 4.56. The lowest BCUT2D eigenvalue weighted by molar-refractivity contribution is 0.397. The van der Waals surface area contributed by atoms with E-state index in [1.807, 2.05) is 29.7 Å². The van der Waals surface area contributed by atoms with Crippen LogP contribution in [-0.4, -0.2) is 26.6 Å². The van der Waals surface area contributed by atoms with Gasteiger partial charge in [-0.3, -0.25) is 4.57 Å². The van der Waals surface area contributed by atoms with Crippen molar-refractivity contribution in [1.82, 2.24) is 19.5 Å². The summed E-state index contributed by atoms with van der Waals surface area (Å²) < 4.78 is 7.01. The Labute approximate surface area is 116 Å². The Bertz CT molecular complexity index is 765. The van der Waals surface area contributed by atoms with Gasteiger partial charge in [-0.2, -0.15) is 0 Å². The second kappa shape index (κ2) is 4.80. The van der Waals surface area contributed by atoms with Crippen LogP contribution in [-0.2, 0) is 6.54 Å². The Hall–Kier alpha value is -2.63. The number of fused-ring (bicyclic) bond motifs is 1. The van der Waals surface area contributed by atoms with Gasteiger partial charge in [-0.15, -0.1) is 0 Å².